The van der Waals surface area contributed by atoms with E-state index in [0.29, 0.717) is 30.9 Å². The number of fused-ring (bicyclic) bond motifs is 4. The molecule has 2 aliphatic heterocycles. The van der Waals surface area contributed by atoms with E-state index in [0.717, 1.165) is 28.9 Å². The lowest BCUT2D eigenvalue weighted by Gasteiger charge is -2.23. The summed E-state index contributed by atoms with van der Waals surface area (Å²) in [6.07, 6.45) is 2.22. The fourth-order valence-corrected chi connectivity index (χ4v) is 3.15. The van der Waals surface area contributed by atoms with Crippen molar-refractivity contribution in [3.05, 3.63) is 42.2 Å². The number of hydrogen-bond acceptors (Lipinski definition) is 7. The van der Waals surface area contributed by atoms with Crippen LogP contribution in [-0.2, 0) is 0 Å². The molecule has 25 heavy (non-hydrogen) atoms. The highest BCUT2D eigenvalue weighted by Gasteiger charge is 2.27. The Balaban J connectivity index is 1.72. The summed E-state index contributed by atoms with van der Waals surface area (Å²) in [6.45, 7) is 1.27. The number of nitrogens with zero attached hydrogens (tertiary/aromatic N) is 4. The number of guanidine groups is 1. The van der Waals surface area contributed by atoms with Gasteiger partial charge in [0.05, 0.1) is 29.9 Å². The van der Waals surface area contributed by atoms with Gasteiger partial charge in [0, 0.05) is 24.8 Å². The molecule has 2 aromatic heterocycles. The lowest BCUT2D eigenvalue weighted by atomic mass is 10.2. The second kappa shape index (κ2) is 5.37. The van der Waals surface area contributed by atoms with Gasteiger partial charge in [-0.3, -0.25) is 14.9 Å². The molecule has 0 amide bonds. The van der Waals surface area contributed by atoms with Gasteiger partial charge in [0.1, 0.15) is 0 Å². The number of rotatable bonds is 1. The van der Waals surface area contributed by atoms with Gasteiger partial charge in [-0.1, -0.05) is 6.07 Å². The molecular formula is C17H16N6O2. The van der Waals surface area contributed by atoms with Gasteiger partial charge < -0.3 is 15.2 Å². The molecule has 0 radical (unpaired) electrons. The molecule has 3 aromatic rings. The van der Waals surface area contributed by atoms with Crippen LogP contribution in [0.15, 0.2) is 41.5 Å². The minimum Gasteiger partial charge on any atom is -0.489 e. The Labute approximate surface area is 143 Å². The maximum absolute atomic E-state index is 5.95. The van der Waals surface area contributed by atoms with E-state index >= 15 is 0 Å². The van der Waals surface area contributed by atoms with Crippen LogP contribution in [0.5, 0.6) is 11.5 Å². The van der Waals surface area contributed by atoms with Gasteiger partial charge in [-0.25, -0.2) is 9.98 Å². The predicted octanol–water partition coefficient (Wildman–Crippen LogP) is 1.88. The summed E-state index contributed by atoms with van der Waals surface area (Å²) in [4.78, 5) is 13.6. The van der Waals surface area contributed by atoms with Gasteiger partial charge in [-0.15, -0.1) is 0 Å². The van der Waals surface area contributed by atoms with Crippen molar-refractivity contribution in [1.82, 2.24) is 14.5 Å². The molecule has 0 saturated carbocycles. The second-order valence-electron chi connectivity index (χ2n) is 5.91. The Morgan fingerprint density at radius 2 is 2.00 bits per heavy atom. The van der Waals surface area contributed by atoms with Crippen molar-refractivity contribution in [3.63, 3.8) is 0 Å². The van der Waals surface area contributed by atoms with Crippen LogP contribution in [0.1, 0.15) is 18.3 Å². The molecule has 5 rings (SSSR count). The number of nitrogens with one attached hydrogen (secondary N) is 1. The number of hydrogen-bond donors (Lipinski definition) is 2. The minimum atomic E-state index is -0.382. The number of nitrogens with two attached hydrogens (primary N) is 1. The maximum Gasteiger partial charge on any atom is 0.212 e. The summed E-state index contributed by atoms with van der Waals surface area (Å²) in [5.74, 6) is 2.37. The average molecular weight is 336 g/mol. The van der Waals surface area contributed by atoms with E-state index in [2.05, 4.69) is 20.3 Å². The molecule has 0 spiro atoms. The number of benzene rings is 1. The Morgan fingerprint density at radius 3 is 2.80 bits per heavy atom. The smallest absolute Gasteiger partial charge is 0.212 e. The first-order chi connectivity index (χ1) is 12.3. The standard InChI is InChI=1S/C17H16N6O2/c18-16-21-15(10-4-1-2-5-19-10)23-12-9-14-13(24-6-3-7-25-14)8-11(12)20-17(23)22-16/h1-2,4-5,8-9,15H,3,6-7H2,(H3,18,20,21,22). The van der Waals surface area contributed by atoms with E-state index in [4.69, 9.17) is 15.2 Å². The van der Waals surface area contributed by atoms with Crippen molar-refractivity contribution in [3.8, 4) is 11.5 Å². The molecule has 0 saturated heterocycles. The average Bonchev–Trinajstić information content (AvgIpc) is 2.81. The highest BCUT2D eigenvalue weighted by Crippen LogP contribution is 2.38. The van der Waals surface area contributed by atoms with E-state index < -0.39 is 0 Å². The SMILES string of the molecule is NC1=NC(c2ccccn2)n2c(nc3cc4c(cc32)OCCCO4)N1. The van der Waals surface area contributed by atoms with Crippen molar-refractivity contribution in [2.45, 2.75) is 12.6 Å². The first-order valence-corrected chi connectivity index (χ1v) is 8.12. The maximum atomic E-state index is 5.95. The predicted molar refractivity (Wildman–Crippen MR) is 93.0 cm³/mol. The van der Waals surface area contributed by atoms with E-state index in [-0.39, 0.29) is 6.17 Å². The summed E-state index contributed by atoms with van der Waals surface area (Å²) in [5.41, 5.74) is 8.42. The first kappa shape index (κ1) is 14.1. The van der Waals surface area contributed by atoms with E-state index in [1.54, 1.807) is 6.20 Å². The van der Waals surface area contributed by atoms with Crippen molar-refractivity contribution in [1.29, 1.82) is 0 Å². The lowest BCUT2D eigenvalue weighted by molar-refractivity contribution is 0.297. The van der Waals surface area contributed by atoms with Crippen molar-refractivity contribution in [2.24, 2.45) is 10.7 Å². The fraction of sp³-hybridized carbons (Fsp3) is 0.235. The zero-order valence-electron chi connectivity index (χ0n) is 13.3. The van der Waals surface area contributed by atoms with Crippen LogP contribution >= 0.6 is 0 Å². The molecule has 126 valence electrons. The largest absolute Gasteiger partial charge is 0.489 e. The van der Waals surface area contributed by atoms with Gasteiger partial charge in [-0.05, 0) is 12.1 Å². The number of aromatic nitrogens is 3. The Hall–Kier alpha value is -3.29. The number of anilines is 1. The summed E-state index contributed by atoms with van der Waals surface area (Å²) in [7, 11) is 0. The third kappa shape index (κ3) is 2.25. The Bertz CT molecular complexity index is 982. The molecule has 0 aliphatic carbocycles. The molecule has 2 aliphatic rings. The summed E-state index contributed by atoms with van der Waals surface area (Å²) in [5, 5.41) is 3.02. The molecule has 1 atom stereocenters. The fourth-order valence-electron chi connectivity index (χ4n) is 3.15. The van der Waals surface area contributed by atoms with Crippen LogP contribution < -0.4 is 20.5 Å². The normalized spacial score (nSPS) is 18.9. The molecule has 0 fully saturated rings. The number of aliphatic imine (C=N–C) groups is 1. The topological polar surface area (TPSA) is 99.6 Å². The van der Waals surface area contributed by atoms with Crippen molar-refractivity contribution in [2.75, 3.05) is 18.5 Å². The molecule has 0 bridgehead atoms. The van der Waals surface area contributed by atoms with E-state index in [1.807, 2.05) is 34.9 Å². The number of pyridine rings is 1. The summed E-state index contributed by atoms with van der Waals surface area (Å²) in [6, 6.07) is 9.56. The van der Waals surface area contributed by atoms with Crippen molar-refractivity contribution < 1.29 is 9.47 Å². The minimum absolute atomic E-state index is 0.313. The Morgan fingerprint density at radius 1 is 1.16 bits per heavy atom. The van der Waals surface area contributed by atoms with Gasteiger partial charge >= 0.3 is 0 Å². The second-order valence-corrected chi connectivity index (χ2v) is 5.91. The summed E-state index contributed by atoms with van der Waals surface area (Å²) >= 11 is 0. The zero-order valence-corrected chi connectivity index (χ0v) is 13.3. The van der Waals surface area contributed by atoms with Gasteiger partial charge in [-0.2, -0.15) is 0 Å². The lowest BCUT2D eigenvalue weighted by Crippen LogP contribution is -2.31. The molecule has 4 heterocycles. The third-order valence-corrected chi connectivity index (χ3v) is 4.26. The zero-order chi connectivity index (χ0) is 16.8. The third-order valence-electron chi connectivity index (χ3n) is 4.26. The van der Waals surface area contributed by atoms with Crippen LogP contribution in [0, 0.1) is 0 Å². The molecule has 1 unspecified atom stereocenters. The van der Waals surface area contributed by atoms with Crippen LogP contribution in [-0.4, -0.2) is 33.7 Å². The Kier molecular flexibility index (Phi) is 3.03. The molecule has 1 aromatic carbocycles. The molecule has 8 nitrogen and oxygen atoms in total. The van der Waals surface area contributed by atoms with Crippen LogP contribution in [0.3, 0.4) is 0 Å². The highest BCUT2D eigenvalue weighted by molar-refractivity contribution is 5.95. The molecular weight excluding hydrogens is 320 g/mol. The molecule has 3 N–H and O–H groups in total. The van der Waals surface area contributed by atoms with Crippen LogP contribution in [0.2, 0.25) is 0 Å². The monoisotopic (exact) mass is 336 g/mol. The number of imidazole rings is 1. The van der Waals surface area contributed by atoms with Gasteiger partial charge in [0.15, 0.2) is 23.6 Å². The molecule has 8 heteroatoms. The van der Waals surface area contributed by atoms with Gasteiger partial charge in [0.25, 0.3) is 0 Å². The van der Waals surface area contributed by atoms with Crippen LogP contribution in [0.4, 0.5) is 5.95 Å². The van der Waals surface area contributed by atoms with E-state index in [1.165, 1.54) is 0 Å². The number of ether oxygens (including phenoxy) is 2. The van der Waals surface area contributed by atoms with Crippen LogP contribution in [0.25, 0.3) is 11.0 Å². The highest BCUT2D eigenvalue weighted by atomic mass is 16.5. The van der Waals surface area contributed by atoms with E-state index in [9.17, 15) is 0 Å². The summed E-state index contributed by atoms with van der Waals surface area (Å²) < 4.78 is 13.6. The quantitative estimate of drug-likeness (QED) is 0.704. The van der Waals surface area contributed by atoms with Gasteiger partial charge in [0.2, 0.25) is 5.95 Å². The first-order valence-electron chi connectivity index (χ1n) is 8.12. The van der Waals surface area contributed by atoms with Crippen molar-refractivity contribution >= 4 is 22.9 Å².